The molecule has 0 radical (unpaired) electrons. The molecule has 3 N–H and O–H groups in total. The highest BCUT2D eigenvalue weighted by atomic mass is 16.5. The van der Waals surface area contributed by atoms with Gasteiger partial charge in [-0.3, -0.25) is 14.5 Å². The van der Waals surface area contributed by atoms with E-state index in [9.17, 15) is 19.8 Å². The lowest BCUT2D eigenvalue weighted by Gasteiger charge is -2.33. The molecular formula is C29H31N5O5. The van der Waals surface area contributed by atoms with E-state index in [4.69, 9.17) is 4.74 Å². The Morgan fingerprint density at radius 3 is 2.49 bits per heavy atom. The Morgan fingerprint density at radius 2 is 1.77 bits per heavy atom. The summed E-state index contributed by atoms with van der Waals surface area (Å²) in [6.07, 6.45) is 4.90. The Balaban J connectivity index is 1.58. The van der Waals surface area contributed by atoms with Crippen LogP contribution in [0.3, 0.4) is 0 Å². The Morgan fingerprint density at radius 1 is 1.03 bits per heavy atom. The zero-order valence-electron chi connectivity index (χ0n) is 21.7. The van der Waals surface area contributed by atoms with Gasteiger partial charge in [0.2, 0.25) is 11.8 Å². The summed E-state index contributed by atoms with van der Waals surface area (Å²) in [5.74, 6) is -0.889. The van der Waals surface area contributed by atoms with Crippen molar-refractivity contribution in [3.63, 3.8) is 0 Å². The average molecular weight is 530 g/mol. The number of phenolic OH excluding ortho intramolecular Hbond substituents is 2. The molecule has 1 heterocycles. The molecular weight excluding hydrogens is 498 g/mol. The monoisotopic (exact) mass is 529 g/mol. The first-order chi connectivity index (χ1) is 18.9. The number of aromatic hydroxyl groups is 2. The number of aromatic nitrogens is 3. The van der Waals surface area contributed by atoms with Gasteiger partial charge in [-0.2, -0.15) is 0 Å². The summed E-state index contributed by atoms with van der Waals surface area (Å²) >= 11 is 0. The summed E-state index contributed by atoms with van der Waals surface area (Å²) in [6.45, 7) is -0.177. The van der Waals surface area contributed by atoms with Crippen molar-refractivity contribution in [2.45, 2.75) is 50.7 Å². The molecule has 1 atom stereocenters. The van der Waals surface area contributed by atoms with E-state index in [-0.39, 0.29) is 30.0 Å². The minimum absolute atomic E-state index is 0.00783. The lowest BCUT2D eigenvalue weighted by molar-refractivity contribution is -0.127. The van der Waals surface area contributed by atoms with Crippen LogP contribution in [0.2, 0.25) is 0 Å². The molecule has 1 saturated carbocycles. The van der Waals surface area contributed by atoms with E-state index < -0.39 is 11.9 Å². The van der Waals surface area contributed by atoms with Crippen LogP contribution < -0.4 is 15.0 Å². The van der Waals surface area contributed by atoms with Crippen LogP contribution >= 0.6 is 0 Å². The molecule has 1 aromatic heterocycles. The lowest BCUT2D eigenvalue weighted by atomic mass is 9.94. The van der Waals surface area contributed by atoms with Crippen molar-refractivity contribution >= 4 is 28.5 Å². The number of nitrogens with one attached hydrogen (secondary N) is 1. The maximum atomic E-state index is 14.1. The highest BCUT2D eigenvalue weighted by molar-refractivity contribution is 6.01. The fraction of sp³-hybridized carbons (Fsp3) is 0.310. The molecule has 1 aliphatic rings. The third-order valence-corrected chi connectivity index (χ3v) is 7.10. The van der Waals surface area contributed by atoms with Crippen molar-refractivity contribution in [2.24, 2.45) is 0 Å². The fourth-order valence-corrected chi connectivity index (χ4v) is 5.07. The maximum Gasteiger partial charge on any atom is 0.249 e. The minimum atomic E-state index is -1.13. The molecule has 10 heteroatoms. The number of fused-ring (bicyclic) bond motifs is 1. The van der Waals surface area contributed by atoms with Gasteiger partial charge in [0.05, 0.1) is 12.6 Å². The molecule has 3 aromatic carbocycles. The molecule has 202 valence electrons. The zero-order chi connectivity index (χ0) is 27.4. The van der Waals surface area contributed by atoms with Gasteiger partial charge in [-0.25, -0.2) is 4.68 Å². The first kappa shape index (κ1) is 26.0. The van der Waals surface area contributed by atoms with E-state index in [2.05, 4.69) is 15.6 Å². The second-order valence-corrected chi connectivity index (χ2v) is 9.69. The van der Waals surface area contributed by atoms with Crippen molar-refractivity contribution in [3.8, 4) is 17.2 Å². The summed E-state index contributed by atoms with van der Waals surface area (Å²) in [7, 11) is 1.55. The molecule has 0 bridgehead atoms. The fourth-order valence-electron chi connectivity index (χ4n) is 5.07. The number of hydrogen-bond donors (Lipinski definition) is 3. The summed E-state index contributed by atoms with van der Waals surface area (Å²) in [5.41, 5.74) is 2.15. The number of carbonyl (C=O) groups excluding carboxylic acids is 2. The van der Waals surface area contributed by atoms with E-state index in [1.165, 1.54) is 27.8 Å². The number of para-hydroxylation sites is 1. The zero-order valence-corrected chi connectivity index (χ0v) is 21.7. The second kappa shape index (κ2) is 11.4. The number of anilines is 1. The van der Waals surface area contributed by atoms with Crippen LogP contribution in [0.4, 0.5) is 5.69 Å². The van der Waals surface area contributed by atoms with Crippen molar-refractivity contribution in [1.82, 2.24) is 20.3 Å². The average Bonchev–Trinajstić information content (AvgIpc) is 3.36. The SMILES string of the molecule is COc1ccc(N(C(=O)Cn2nnc3ccccc32)[C@H](C(=O)NC2CCCCC2)c2ccc(O)c(O)c2)cc1. The summed E-state index contributed by atoms with van der Waals surface area (Å²) in [6, 6.07) is 17.2. The first-order valence-electron chi connectivity index (χ1n) is 13.0. The third kappa shape index (κ3) is 5.64. The molecule has 0 unspecified atom stereocenters. The van der Waals surface area contributed by atoms with Crippen LogP contribution in [0.5, 0.6) is 17.2 Å². The smallest absolute Gasteiger partial charge is 0.249 e. The first-order valence-corrected chi connectivity index (χ1v) is 13.0. The number of carbonyl (C=O) groups is 2. The van der Waals surface area contributed by atoms with Crippen LogP contribution in [-0.2, 0) is 16.1 Å². The van der Waals surface area contributed by atoms with Crippen LogP contribution in [0.15, 0.2) is 66.7 Å². The molecule has 2 amide bonds. The Kier molecular flexibility index (Phi) is 7.62. The number of phenols is 2. The van der Waals surface area contributed by atoms with E-state index in [1.807, 2.05) is 24.3 Å². The number of benzene rings is 3. The number of rotatable bonds is 8. The highest BCUT2D eigenvalue weighted by Gasteiger charge is 2.35. The van der Waals surface area contributed by atoms with E-state index in [1.54, 1.807) is 31.4 Å². The van der Waals surface area contributed by atoms with Crippen LogP contribution in [0.25, 0.3) is 11.0 Å². The normalized spacial score (nSPS) is 14.6. The highest BCUT2D eigenvalue weighted by Crippen LogP contribution is 2.34. The Bertz CT molecular complexity index is 1460. The van der Waals surface area contributed by atoms with Gasteiger partial charge in [0.1, 0.15) is 23.9 Å². The number of methoxy groups -OCH3 is 1. The molecule has 1 fully saturated rings. The van der Waals surface area contributed by atoms with Gasteiger partial charge in [-0.15, -0.1) is 5.10 Å². The van der Waals surface area contributed by atoms with Gasteiger partial charge in [0.15, 0.2) is 11.5 Å². The van der Waals surface area contributed by atoms with Crippen LogP contribution in [-0.4, -0.2) is 50.2 Å². The minimum Gasteiger partial charge on any atom is -0.504 e. The maximum absolute atomic E-state index is 14.1. The van der Waals surface area contributed by atoms with Crippen LogP contribution in [0, 0.1) is 0 Å². The topological polar surface area (TPSA) is 130 Å². The van der Waals surface area contributed by atoms with Crippen LogP contribution in [0.1, 0.15) is 43.7 Å². The number of hydrogen-bond acceptors (Lipinski definition) is 7. The Labute approximate surface area is 225 Å². The predicted octanol–water partition coefficient (Wildman–Crippen LogP) is 4.07. The number of ether oxygens (including phenoxy) is 1. The molecule has 1 aliphatic carbocycles. The molecule has 0 aliphatic heterocycles. The molecule has 5 rings (SSSR count). The number of nitrogens with zero attached hydrogens (tertiary/aromatic N) is 4. The quantitative estimate of drug-likeness (QED) is 0.293. The summed E-state index contributed by atoms with van der Waals surface area (Å²) < 4.78 is 6.80. The van der Waals surface area contributed by atoms with Crippen molar-refractivity contribution in [1.29, 1.82) is 0 Å². The van der Waals surface area contributed by atoms with Gasteiger partial charge in [0, 0.05) is 11.7 Å². The summed E-state index contributed by atoms with van der Waals surface area (Å²) in [5, 5.41) is 31.7. The van der Waals surface area contributed by atoms with Gasteiger partial charge in [0.25, 0.3) is 0 Å². The molecule has 39 heavy (non-hydrogen) atoms. The molecule has 0 saturated heterocycles. The van der Waals surface area contributed by atoms with E-state index in [0.29, 0.717) is 28.0 Å². The van der Waals surface area contributed by atoms with Crippen molar-refractivity contribution in [3.05, 3.63) is 72.3 Å². The standard InChI is InChI=1S/C29H31N5O5/c1-39-22-14-12-21(13-15-22)34(27(37)18-33-24-10-6-5-9-23(24)31-32-33)28(19-11-16-25(35)26(36)17-19)29(38)30-20-7-3-2-4-8-20/h5-6,9-17,20,28,35-36H,2-4,7-8,18H2,1H3,(H,30,38)/t28-/m0/s1. The predicted molar refractivity (Wildman–Crippen MR) is 146 cm³/mol. The van der Waals surface area contributed by atoms with Gasteiger partial charge in [-0.05, 0) is 66.9 Å². The van der Waals surface area contributed by atoms with E-state index >= 15 is 0 Å². The largest absolute Gasteiger partial charge is 0.504 e. The van der Waals surface area contributed by atoms with Gasteiger partial charge in [-0.1, -0.05) is 42.7 Å². The lowest BCUT2D eigenvalue weighted by Crippen LogP contribution is -2.48. The molecule has 10 nitrogen and oxygen atoms in total. The van der Waals surface area contributed by atoms with Gasteiger partial charge < -0.3 is 20.3 Å². The van der Waals surface area contributed by atoms with Crippen molar-refractivity contribution in [2.75, 3.05) is 12.0 Å². The van der Waals surface area contributed by atoms with Crippen molar-refractivity contribution < 1.29 is 24.5 Å². The number of amides is 2. The second-order valence-electron chi connectivity index (χ2n) is 9.69. The molecule has 0 spiro atoms. The van der Waals surface area contributed by atoms with Gasteiger partial charge >= 0.3 is 0 Å². The third-order valence-electron chi connectivity index (χ3n) is 7.10. The van der Waals surface area contributed by atoms with E-state index in [0.717, 1.165) is 32.1 Å². The Hall–Kier alpha value is -4.60. The molecule has 4 aromatic rings. The summed E-state index contributed by atoms with van der Waals surface area (Å²) in [4.78, 5) is 29.4.